The second-order valence-corrected chi connectivity index (χ2v) is 9.62. The molecular weight excluding hydrogens is 434 g/mol. The Balaban J connectivity index is 1.79. The van der Waals surface area contributed by atoms with E-state index in [9.17, 15) is 9.59 Å². The molecule has 2 amide bonds. The van der Waals surface area contributed by atoms with Gasteiger partial charge in [-0.1, -0.05) is 87.9 Å². The number of benzene rings is 2. The Hall–Kier alpha value is -3.34. The molecule has 1 aromatic heterocycles. The third-order valence-electron chi connectivity index (χ3n) is 6.05. The van der Waals surface area contributed by atoms with Crippen molar-refractivity contribution in [3.8, 4) is 0 Å². The van der Waals surface area contributed by atoms with Gasteiger partial charge in [0, 0.05) is 37.9 Å². The molecule has 3 aromatic rings. The van der Waals surface area contributed by atoms with Crippen LogP contribution < -0.4 is 0 Å². The highest BCUT2D eigenvalue weighted by Crippen LogP contribution is 2.15. The summed E-state index contributed by atoms with van der Waals surface area (Å²) in [7, 11) is 0. The minimum atomic E-state index is -0.0215. The zero-order valence-electron chi connectivity index (χ0n) is 21.4. The van der Waals surface area contributed by atoms with Gasteiger partial charge in [-0.2, -0.15) is 0 Å². The maximum atomic E-state index is 13.6. The Bertz CT molecular complexity index is 1040. The van der Waals surface area contributed by atoms with E-state index in [1.165, 1.54) is 5.56 Å². The minimum absolute atomic E-state index is 0.0215. The second-order valence-electron chi connectivity index (χ2n) is 9.62. The zero-order valence-corrected chi connectivity index (χ0v) is 21.4. The van der Waals surface area contributed by atoms with Crippen molar-refractivity contribution in [1.82, 2.24) is 14.4 Å². The fourth-order valence-electron chi connectivity index (χ4n) is 4.20. The number of carbonyl (C=O) groups excluding carboxylic acids is 2. The Morgan fingerprint density at radius 2 is 1.46 bits per heavy atom. The highest BCUT2D eigenvalue weighted by atomic mass is 16.2. The highest BCUT2D eigenvalue weighted by Gasteiger charge is 2.23. The molecular formula is C30H39N3O2. The smallest absolute Gasteiger partial charge is 0.242 e. The van der Waals surface area contributed by atoms with Crippen LogP contribution in [0.1, 0.15) is 56.9 Å². The monoisotopic (exact) mass is 473 g/mol. The van der Waals surface area contributed by atoms with Crippen LogP contribution in [-0.4, -0.2) is 39.3 Å². The molecule has 3 rings (SSSR count). The van der Waals surface area contributed by atoms with Crippen molar-refractivity contribution >= 4 is 11.8 Å². The summed E-state index contributed by atoms with van der Waals surface area (Å²) in [5.74, 6) is 0.354. The molecule has 5 heteroatoms. The fourth-order valence-corrected chi connectivity index (χ4v) is 4.20. The maximum absolute atomic E-state index is 13.6. The number of nitrogens with zero attached hydrogens (tertiary/aromatic N) is 3. The molecule has 0 fully saturated rings. The van der Waals surface area contributed by atoms with E-state index in [1.54, 1.807) is 4.90 Å². The van der Waals surface area contributed by atoms with Crippen LogP contribution in [0.25, 0.3) is 0 Å². The lowest BCUT2D eigenvalue weighted by atomic mass is 10.1. The minimum Gasteiger partial charge on any atom is -0.345 e. The normalized spacial score (nSPS) is 11.0. The van der Waals surface area contributed by atoms with Crippen molar-refractivity contribution in [3.05, 3.63) is 95.8 Å². The lowest BCUT2D eigenvalue weighted by Crippen LogP contribution is -2.44. The van der Waals surface area contributed by atoms with E-state index in [2.05, 4.69) is 49.7 Å². The van der Waals surface area contributed by atoms with Gasteiger partial charge in [-0.25, -0.2) is 0 Å². The summed E-state index contributed by atoms with van der Waals surface area (Å²) in [6.45, 7) is 8.72. The van der Waals surface area contributed by atoms with Gasteiger partial charge in [0.1, 0.15) is 0 Å². The van der Waals surface area contributed by atoms with Crippen LogP contribution >= 0.6 is 0 Å². The molecule has 0 N–H and O–H groups in total. The molecule has 0 bridgehead atoms. The van der Waals surface area contributed by atoms with Gasteiger partial charge >= 0.3 is 0 Å². The van der Waals surface area contributed by atoms with E-state index in [0.29, 0.717) is 32.0 Å². The van der Waals surface area contributed by atoms with E-state index in [4.69, 9.17) is 0 Å². The summed E-state index contributed by atoms with van der Waals surface area (Å²) >= 11 is 0. The summed E-state index contributed by atoms with van der Waals surface area (Å²) in [5.41, 5.74) is 3.37. The Kier molecular flexibility index (Phi) is 10.1. The van der Waals surface area contributed by atoms with Crippen molar-refractivity contribution in [2.24, 2.45) is 5.92 Å². The fraction of sp³-hybridized carbons (Fsp3) is 0.400. The maximum Gasteiger partial charge on any atom is 0.242 e. The molecule has 2 aromatic carbocycles. The Morgan fingerprint density at radius 3 is 2.09 bits per heavy atom. The largest absolute Gasteiger partial charge is 0.345 e. The first-order chi connectivity index (χ1) is 17.0. The molecule has 0 unspecified atom stereocenters. The summed E-state index contributed by atoms with van der Waals surface area (Å²) in [6.07, 6.45) is 4.37. The van der Waals surface area contributed by atoms with E-state index < -0.39 is 0 Å². The van der Waals surface area contributed by atoms with Gasteiger partial charge in [-0.3, -0.25) is 9.59 Å². The molecule has 0 aliphatic heterocycles. The molecule has 0 spiro atoms. The molecule has 0 aliphatic carbocycles. The molecule has 186 valence electrons. The molecule has 35 heavy (non-hydrogen) atoms. The zero-order chi connectivity index (χ0) is 25.0. The van der Waals surface area contributed by atoms with E-state index in [-0.39, 0.29) is 18.4 Å². The van der Waals surface area contributed by atoms with Crippen LogP contribution in [-0.2, 0) is 29.2 Å². The average molecular weight is 474 g/mol. The van der Waals surface area contributed by atoms with Crippen molar-refractivity contribution in [2.75, 3.05) is 13.1 Å². The molecule has 0 radical (unpaired) electrons. The van der Waals surface area contributed by atoms with Gasteiger partial charge in [0.05, 0.1) is 13.1 Å². The van der Waals surface area contributed by atoms with Crippen molar-refractivity contribution < 1.29 is 9.59 Å². The first kappa shape index (κ1) is 26.3. The summed E-state index contributed by atoms with van der Waals surface area (Å²) in [4.78, 5) is 30.2. The number of hydrogen-bond donors (Lipinski definition) is 0. The lowest BCUT2D eigenvalue weighted by molar-refractivity contribution is -0.141. The standard InChI is InChI=1S/C30H39N3O2/c1-4-5-18-29(34)32(20-25(2)3)24-30(35)33(22-27-15-10-7-11-16-27)23-28-17-12-19-31(28)21-26-13-8-6-9-14-26/h6-17,19,25H,4-5,18,20-24H2,1-3H3. The number of amides is 2. The molecule has 0 saturated heterocycles. The lowest BCUT2D eigenvalue weighted by Gasteiger charge is -2.29. The first-order valence-corrected chi connectivity index (χ1v) is 12.7. The van der Waals surface area contributed by atoms with Gasteiger partial charge in [0.25, 0.3) is 0 Å². The third-order valence-corrected chi connectivity index (χ3v) is 6.05. The van der Waals surface area contributed by atoms with Gasteiger partial charge < -0.3 is 14.4 Å². The van der Waals surface area contributed by atoms with Crippen molar-refractivity contribution in [2.45, 2.75) is 59.7 Å². The SMILES string of the molecule is CCCCC(=O)N(CC(=O)N(Cc1ccccc1)Cc1cccn1Cc1ccccc1)CC(C)C. The first-order valence-electron chi connectivity index (χ1n) is 12.7. The second kappa shape index (κ2) is 13.5. The molecule has 5 nitrogen and oxygen atoms in total. The van der Waals surface area contributed by atoms with Crippen LogP contribution in [0.5, 0.6) is 0 Å². The predicted octanol–water partition coefficient (Wildman–Crippen LogP) is 5.74. The molecule has 1 heterocycles. The number of carbonyl (C=O) groups is 2. The number of hydrogen-bond acceptors (Lipinski definition) is 2. The van der Waals surface area contributed by atoms with Crippen molar-refractivity contribution in [3.63, 3.8) is 0 Å². The third kappa shape index (κ3) is 8.43. The summed E-state index contributed by atoms with van der Waals surface area (Å²) < 4.78 is 2.19. The predicted molar refractivity (Wildman–Crippen MR) is 142 cm³/mol. The van der Waals surface area contributed by atoms with E-state index >= 15 is 0 Å². The number of rotatable bonds is 13. The molecule has 0 saturated carbocycles. The topological polar surface area (TPSA) is 45.6 Å². The molecule has 0 aliphatic rings. The van der Waals surface area contributed by atoms with Gasteiger partial charge in [0.2, 0.25) is 11.8 Å². The number of unbranched alkanes of at least 4 members (excludes halogenated alkanes) is 1. The van der Waals surface area contributed by atoms with Gasteiger partial charge in [0.15, 0.2) is 0 Å². The molecule has 0 atom stereocenters. The highest BCUT2D eigenvalue weighted by molar-refractivity contribution is 5.84. The Labute approximate surface area is 210 Å². The van der Waals surface area contributed by atoms with Crippen molar-refractivity contribution in [1.29, 1.82) is 0 Å². The van der Waals surface area contributed by atoms with E-state index in [0.717, 1.165) is 30.6 Å². The van der Waals surface area contributed by atoms with E-state index in [1.807, 2.05) is 59.5 Å². The van der Waals surface area contributed by atoms with Crippen LogP contribution in [0, 0.1) is 5.92 Å². The quantitative estimate of drug-likeness (QED) is 0.318. The summed E-state index contributed by atoms with van der Waals surface area (Å²) in [5, 5.41) is 0. The number of aromatic nitrogens is 1. The average Bonchev–Trinajstić information content (AvgIpc) is 3.29. The summed E-state index contributed by atoms with van der Waals surface area (Å²) in [6, 6.07) is 24.5. The van der Waals surface area contributed by atoms with Crippen LogP contribution in [0.2, 0.25) is 0 Å². The van der Waals surface area contributed by atoms with Crippen LogP contribution in [0.4, 0.5) is 0 Å². The van der Waals surface area contributed by atoms with Gasteiger partial charge in [-0.05, 0) is 35.6 Å². The Morgan fingerprint density at radius 1 is 0.800 bits per heavy atom. The van der Waals surface area contributed by atoms with Crippen LogP contribution in [0.15, 0.2) is 79.0 Å². The van der Waals surface area contributed by atoms with Crippen LogP contribution in [0.3, 0.4) is 0 Å². The van der Waals surface area contributed by atoms with Gasteiger partial charge in [-0.15, -0.1) is 0 Å².